The van der Waals surface area contributed by atoms with Gasteiger partial charge in [0, 0.05) is 41.1 Å². The lowest BCUT2D eigenvalue weighted by Crippen LogP contribution is -2.12. The number of pyridine rings is 2. The molecule has 0 spiro atoms. The minimum atomic E-state index is 0.112. The third-order valence-corrected chi connectivity index (χ3v) is 4.12. The predicted molar refractivity (Wildman–Crippen MR) is 106 cm³/mol. The van der Waals surface area contributed by atoms with E-state index in [2.05, 4.69) is 41.6 Å². The van der Waals surface area contributed by atoms with Crippen molar-refractivity contribution >= 4 is 16.7 Å². The van der Waals surface area contributed by atoms with Gasteiger partial charge in [-0.3, -0.25) is 4.85 Å². The molecule has 4 heterocycles. The number of nitrogens with one attached hydrogen (secondary N) is 1. The van der Waals surface area contributed by atoms with Crippen LogP contribution in [-0.2, 0) is 6.67 Å². The minimum absolute atomic E-state index is 0.112. The summed E-state index contributed by atoms with van der Waals surface area (Å²) in [6.45, 7) is 11.2. The van der Waals surface area contributed by atoms with Crippen LogP contribution in [0.2, 0.25) is 0 Å². The Labute approximate surface area is 166 Å². The Kier molecular flexibility index (Phi) is 4.59. The monoisotopic (exact) mass is 384 g/mol. The number of hydrogen-bond acceptors (Lipinski definition) is 7. The molecule has 0 saturated carbocycles. The molecule has 1 N–H and O–H groups in total. The molecule has 0 atom stereocenters. The molecule has 0 aliphatic carbocycles. The van der Waals surface area contributed by atoms with Gasteiger partial charge < -0.3 is 5.32 Å². The van der Waals surface area contributed by atoms with E-state index in [1.165, 1.54) is 10.9 Å². The van der Waals surface area contributed by atoms with Crippen molar-refractivity contribution in [2.45, 2.75) is 26.6 Å². The Bertz CT molecular complexity index is 1270. The highest BCUT2D eigenvalue weighted by Crippen LogP contribution is 2.28. The number of nitriles is 1. The molecule has 0 bridgehead atoms. The van der Waals surface area contributed by atoms with E-state index in [0.29, 0.717) is 22.7 Å². The zero-order chi connectivity index (χ0) is 20.4. The quantitative estimate of drug-likeness (QED) is 0.526. The topological polar surface area (TPSA) is 114 Å². The van der Waals surface area contributed by atoms with Crippen LogP contribution in [0.1, 0.15) is 19.4 Å². The number of hydrogen-bond donors (Lipinski definition) is 1. The maximum Gasteiger partial charge on any atom is 0.308 e. The predicted octanol–water partition coefficient (Wildman–Crippen LogP) is 2.64. The summed E-state index contributed by atoms with van der Waals surface area (Å²) in [4.78, 5) is 12.2. The molecule has 0 aliphatic heterocycles. The molecule has 29 heavy (non-hydrogen) atoms. The summed E-state index contributed by atoms with van der Waals surface area (Å²) < 4.78 is 3.11. The lowest BCUT2D eigenvalue weighted by Gasteiger charge is -2.14. The molecule has 0 unspecified atom stereocenters. The highest BCUT2D eigenvalue weighted by Gasteiger charge is 2.15. The lowest BCUT2D eigenvalue weighted by molar-refractivity contribution is 0.659. The second-order valence-corrected chi connectivity index (χ2v) is 6.63. The zero-order valence-corrected chi connectivity index (χ0v) is 15.8. The standard InChI is InChI=1S/C19H16N10/c1-12(2)25-16-5-18(22-9-15(16)17-10-28(11-21-3)27-26-17)29-19-14(8-24-29)4-13(6-20)7-23-19/h4-5,7-10,12H,11H2,1-2H3,(H,22,25). The third-order valence-electron chi connectivity index (χ3n) is 4.12. The second kappa shape index (κ2) is 7.37. The van der Waals surface area contributed by atoms with Crippen LogP contribution in [0.3, 0.4) is 0 Å². The van der Waals surface area contributed by atoms with Crippen molar-refractivity contribution in [3.05, 3.63) is 53.9 Å². The van der Waals surface area contributed by atoms with E-state index in [0.717, 1.165) is 16.6 Å². The minimum Gasteiger partial charge on any atom is -0.382 e. The second-order valence-electron chi connectivity index (χ2n) is 6.63. The maximum absolute atomic E-state index is 9.05. The summed E-state index contributed by atoms with van der Waals surface area (Å²) in [6.07, 6.45) is 6.58. The first-order chi connectivity index (χ1) is 14.1. The van der Waals surface area contributed by atoms with E-state index in [1.807, 2.05) is 19.9 Å². The van der Waals surface area contributed by atoms with Gasteiger partial charge in [-0.2, -0.15) is 19.7 Å². The van der Waals surface area contributed by atoms with E-state index < -0.39 is 0 Å². The van der Waals surface area contributed by atoms with E-state index in [1.54, 1.807) is 29.3 Å². The number of fused-ring (bicyclic) bond motifs is 1. The van der Waals surface area contributed by atoms with E-state index >= 15 is 0 Å². The van der Waals surface area contributed by atoms with Gasteiger partial charge in [0.1, 0.15) is 11.8 Å². The van der Waals surface area contributed by atoms with Gasteiger partial charge in [-0.1, -0.05) is 5.21 Å². The first kappa shape index (κ1) is 18.1. The van der Waals surface area contributed by atoms with Gasteiger partial charge in [0.15, 0.2) is 11.5 Å². The number of aromatic nitrogens is 7. The first-order valence-electron chi connectivity index (χ1n) is 8.83. The van der Waals surface area contributed by atoms with Crippen LogP contribution in [0.5, 0.6) is 0 Å². The molecule has 0 amide bonds. The van der Waals surface area contributed by atoms with E-state index in [9.17, 15) is 0 Å². The summed E-state index contributed by atoms with van der Waals surface area (Å²) in [7, 11) is 0. The van der Waals surface area contributed by atoms with Gasteiger partial charge in [-0.25, -0.2) is 16.5 Å². The molecule has 0 aliphatic rings. The average Bonchev–Trinajstić information content (AvgIpc) is 3.34. The van der Waals surface area contributed by atoms with E-state index in [4.69, 9.17) is 11.8 Å². The fourth-order valence-corrected chi connectivity index (χ4v) is 2.91. The third kappa shape index (κ3) is 3.47. The first-order valence-corrected chi connectivity index (χ1v) is 8.83. The molecule has 10 nitrogen and oxygen atoms in total. The number of anilines is 1. The van der Waals surface area contributed by atoms with Crippen LogP contribution in [0, 0.1) is 17.9 Å². The Hall–Kier alpha value is -4.31. The van der Waals surface area contributed by atoms with Crippen molar-refractivity contribution in [1.29, 1.82) is 5.26 Å². The maximum atomic E-state index is 9.05. The molecule has 0 radical (unpaired) electrons. The Morgan fingerprint density at radius 3 is 2.86 bits per heavy atom. The fraction of sp³-hybridized carbons (Fsp3) is 0.211. The van der Waals surface area contributed by atoms with Crippen LogP contribution in [0.25, 0.3) is 33.0 Å². The molecule has 10 heteroatoms. The van der Waals surface area contributed by atoms with Crippen molar-refractivity contribution in [3.8, 4) is 23.1 Å². The molecule has 0 fully saturated rings. The van der Waals surface area contributed by atoms with Gasteiger partial charge in [0.25, 0.3) is 0 Å². The van der Waals surface area contributed by atoms with Crippen molar-refractivity contribution in [1.82, 2.24) is 34.7 Å². The zero-order valence-electron chi connectivity index (χ0n) is 15.8. The molecular weight excluding hydrogens is 368 g/mol. The molecule has 4 aromatic heterocycles. The summed E-state index contributed by atoms with van der Waals surface area (Å²) in [5, 5.41) is 25.7. The highest BCUT2D eigenvalue weighted by atomic mass is 15.4. The van der Waals surface area contributed by atoms with Crippen molar-refractivity contribution in [2.24, 2.45) is 0 Å². The summed E-state index contributed by atoms with van der Waals surface area (Å²) in [5.74, 6) is 0.581. The number of rotatable bonds is 5. The van der Waals surface area contributed by atoms with Crippen molar-refractivity contribution in [2.75, 3.05) is 5.32 Å². The van der Waals surface area contributed by atoms with Gasteiger partial charge in [0.05, 0.1) is 18.0 Å². The van der Waals surface area contributed by atoms with Crippen LogP contribution in [0.4, 0.5) is 5.69 Å². The molecule has 142 valence electrons. The Morgan fingerprint density at radius 1 is 1.24 bits per heavy atom. The largest absolute Gasteiger partial charge is 0.382 e. The molecule has 4 aromatic rings. The van der Waals surface area contributed by atoms with E-state index in [-0.39, 0.29) is 12.7 Å². The van der Waals surface area contributed by atoms with Crippen LogP contribution in [-0.4, -0.2) is 40.8 Å². The van der Waals surface area contributed by atoms with Gasteiger partial charge in [-0.15, -0.1) is 5.10 Å². The van der Waals surface area contributed by atoms with Gasteiger partial charge in [0.2, 0.25) is 0 Å². The molecule has 0 saturated heterocycles. The lowest BCUT2D eigenvalue weighted by atomic mass is 10.1. The SMILES string of the molecule is [C-]#[N+]Cn1cc(-c2cnc(-n3ncc4cc(C#N)cnc43)cc2NC(C)C)nn1. The van der Waals surface area contributed by atoms with Crippen molar-refractivity contribution in [3.63, 3.8) is 0 Å². The van der Waals surface area contributed by atoms with Crippen LogP contribution >= 0.6 is 0 Å². The highest BCUT2D eigenvalue weighted by molar-refractivity contribution is 5.79. The summed E-state index contributed by atoms with van der Waals surface area (Å²) in [6, 6.07) is 5.86. The molecular formula is C19H16N10. The Morgan fingerprint density at radius 2 is 2.10 bits per heavy atom. The van der Waals surface area contributed by atoms with Crippen molar-refractivity contribution < 1.29 is 0 Å². The normalized spacial score (nSPS) is 10.8. The fourth-order valence-electron chi connectivity index (χ4n) is 2.91. The average molecular weight is 384 g/mol. The van der Waals surface area contributed by atoms with Crippen LogP contribution < -0.4 is 5.32 Å². The van der Waals surface area contributed by atoms with Gasteiger partial charge >= 0.3 is 6.67 Å². The van der Waals surface area contributed by atoms with Crippen LogP contribution in [0.15, 0.2) is 36.9 Å². The summed E-state index contributed by atoms with van der Waals surface area (Å²) in [5.41, 5.74) is 3.30. The van der Waals surface area contributed by atoms with Gasteiger partial charge in [-0.05, 0) is 19.9 Å². The summed E-state index contributed by atoms with van der Waals surface area (Å²) >= 11 is 0. The number of nitrogens with zero attached hydrogens (tertiary/aromatic N) is 9. The smallest absolute Gasteiger partial charge is 0.308 e. The molecule has 4 rings (SSSR count). The Balaban J connectivity index is 1.80. The molecule has 0 aromatic carbocycles.